The highest BCUT2D eigenvalue weighted by Crippen LogP contribution is 2.22. The maximum absolute atomic E-state index is 11.5. The quantitative estimate of drug-likeness (QED) is 0.613. The Morgan fingerprint density at radius 2 is 2.20 bits per heavy atom. The molecule has 0 aliphatic heterocycles. The molecule has 0 spiro atoms. The molecule has 3 nitrogen and oxygen atoms in total. The molecule has 0 bridgehead atoms. The second-order valence-corrected chi connectivity index (χ2v) is 3.68. The van der Waals surface area contributed by atoms with E-state index in [9.17, 15) is 9.90 Å². The van der Waals surface area contributed by atoms with Gasteiger partial charge in [-0.3, -0.25) is 4.79 Å². The van der Waals surface area contributed by atoms with E-state index >= 15 is 0 Å². The van der Waals surface area contributed by atoms with Crippen molar-refractivity contribution < 1.29 is 14.6 Å². The van der Waals surface area contributed by atoms with E-state index < -0.39 is 0 Å². The molecule has 0 amide bonds. The number of aromatic hydroxyl groups is 1. The largest absolute Gasteiger partial charge is 0.508 e. The normalized spacial score (nSPS) is 12.2. The molecule has 1 aromatic carbocycles. The summed E-state index contributed by atoms with van der Waals surface area (Å²) in [4.78, 5) is 11.5. The van der Waals surface area contributed by atoms with Gasteiger partial charge in [0.1, 0.15) is 11.5 Å². The Bertz CT molecular complexity index is 358. The molecule has 1 aromatic rings. The predicted octanol–water partition coefficient (Wildman–Crippen LogP) is 2.65. The third-order valence-electron chi connectivity index (χ3n) is 2.40. The van der Waals surface area contributed by atoms with Gasteiger partial charge in [0.2, 0.25) is 0 Å². The summed E-state index contributed by atoms with van der Waals surface area (Å²) in [6, 6.07) is 4.76. The number of aryl methyl sites for hydroxylation is 1. The van der Waals surface area contributed by atoms with E-state index in [1.165, 1.54) is 6.07 Å². The molecule has 82 valence electrons. The molecule has 0 saturated heterocycles. The van der Waals surface area contributed by atoms with Crippen molar-refractivity contribution in [2.75, 3.05) is 0 Å². The van der Waals surface area contributed by atoms with Gasteiger partial charge in [0.25, 0.3) is 0 Å². The number of hydrogen-bond donors (Lipinski definition) is 1. The molecule has 0 aliphatic rings. The molecule has 15 heavy (non-hydrogen) atoms. The van der Waals surface area contributed by atoms with E-state index in [2.05, 4.69) is 0 Å². The van der Waals surface area contributed by atoms with Crippen molar-refractivity contribution in [3.05, 3.63) is 23.8 Å². The fourth-order valence-corrected chi connectivity index (χ4v) is 1.07. The summed E-state index contributed by atoms with van der Waals surface area (Å²) in [5, 5.41) is 9.29. The summed E-state index contributed by atoms with van der Waals surface area (Å²) in [7, 11) is 0. The van der Waals surface area contributed by atoms with Crippen molar-refractivity contribution >= 4 is 5.97 Å². The first-order chi connectivity index (χ1) is 7.04. The number of phenols is 1. The number of benzene rings is 1. The molecule has 0 aromatic heterocycles. The number of phenolic OH excluding ortho intramolecular Hbond substituents is 1. The lowest BCUT2D eigenvalue weighted by molar-refractivity contribution is -0.138. The molecule has 0 saturated carbocycles. The van der Waals surface area contributed by atoms with Gasteiger partial charge in [0.05, 0.1) is 5.92 Å². The first-order valence-electron chi connectivity index (χ1n) is 5.06. The molecule has 0 aliphatic carbocycles. The van der Waals surface area contributed by atoms with Crippen molar-refractivity contribution in [3.8, 4) is 11.5 Å². The van der Waals surface area contributed by atoms with E-state index in [1.807, 2.05) is 13.8 Å². The Hall–Kier alpha value is -1.51. The van der Waals surface area contributed by atoms with Gasteiger partial charge in [-0.15, -0.1) is 0 Å². The van der Waals surface area contributed by atoms with Crippen molar-refractivity contribution in [2.45, 2.75) is 27.2 Å². The summed E-state index contributed by atoms with van der Waals surface area (Å²) in [6.45, 7) is 5.53. The van der Waals surface area contributed by atoms with E-state index in [0.29, 0.717) is 11.3 Å². The monoisotopic (exact) mass is 208 g/mol. The second-order valence-electron chi connectivity index (χ2n) is 3.68. The van der Waals surface area contributed by atoms with Crippen LogP contribution in [0.3, 0.4) is 0 Å². The Labute approximate surface area is 89.7 Å². The van der Waals surface area contributed by atoms with Crippen LogP contribution in [0.2, 0.25) is 0 Å². The van der Waals surface area contributed by atoms with Crippen LogP contribution in [0.1, 0.15) is 25.8 Å². The highest BCUT2D eigenvalue weighted by molar-refractivity contribution is 5.74. The lowest BCUT2D eigenvalue weighted by Gasteiger charge is -2.09. The molecule has 1 atom stereocenters. The van der Waals surface area contributed by atoms with Gasteiger partial charge >= 0.3 is 5.97 Å². The van der Waals surface area contributed by atoms with Gasteiger partial charge in [-0.05, 0) is 37.1 Å². The topological polar surface area (TPSA) is 46.5 Å². The number of carbonyl (C=O) groups excluding carboxylic acids is 1. The van der Waals surface area contributed by atoms with Crippen LogP contribution < -0.4 is 4.74 Å². The first kappa shape index (κ1) is 11.6. The standard InChI is InChI=1S/C12H16O3/c1-4-8(2)12(14)15-10-5-6-11(13)9(3)7-10/h5-8,13H,4H2,1-3H3. The molecule has 3 heteroatoms. The molecule has 0 radical (unpaired) electrons. The lowest BCUT2D eigenvalue weighted by Crippen LogP contribution is -2.16. The fourth-order valence-electron chi connectivity index (χ4n) is 1.07. The molecule has 1 rings (SSSR count). The molecular formula is C12H16O3. The van der Waals surface area contributed by atoms with Gasteiger partial charge < -0.3 is 9.84 Å². The number of esters is 1. The highest BCUT2D eigenvalue weighted by Gasteiger charge is 2.13. The number of rotatable bonds is 3. The minimum absolute atomic E-state index is 0.0980. The zero-order valence-electron chi connectivity index (χ0n) is 9.28. The maximum atomic E-state index is 11.5. The predicted molar refractivity (Wildman–Crippen MR) is 57.9 cm³/mol. The third kappa shape index (κ3) is 2.98. The smallest absolute Gasteiger partial charge is 0.314 e. The number of hydrogen-bond acceptors (Lipinski definition) is 3. The highest BCUT2D eigenvalue weighted by atomic mass is 16.5. The zero-order valence-corrected chi connectivity index (χ0v) is 9.28. The Morgan fingerprint density at radius 3 is 2.73 bits per heavy atom. The van der Waals surface area contributed by atoms with Crippen LogP contribution >= 0.6 is 0 Å². The zero-order chi connectivity index (χ0) is 11.4. The summed E-state index contributed by atoms with van der Waals surface area (Å²) >= 11 is 0. The Kier molecular flexibility index (Phi) is 3.72. The lowest BCUT2D eigenvalue weighted by atomic mass is 10.1. The van der Waals surface area contributed by atoms with E-state index in [4.69, 9.17) is 4.74 Å². The SMILES string of the molecule is CCC(C)C(=O)Oc1ccc(O)c(C)c1. The minimum atomic E-state index is -0.234. The molecule has 0 heterocycles. The van der Waals surface area contributed by atoms with Gasteiger partial charge in [-0.1, -0.05) is 13.8 Å². The Balaban J connectivity index is 2.73. The van der Waals surface area contributed by atoms with Gasteiger partial charge in [-0.25, -0.2) is 0 Å². The van der Waals surface area contributed by atoms with Crippen LogP contribution in [0.4, 0.5) is 0 Å². The van der Waals surface area contributed by atoms with Gasteiger partial charge in [0, 0.05) is 0 Å². The average molecular weight is 208 g/mol. The molecular weight excluding hydrogens is 192 g/mol. The van der Waals surface area contributed by atoms with Crippen LogP contribution in [-0.4, -0.2) is 11.1 Å². The minimum Gasteiger partial charge on any atom is -0.508 e. The fraction of sp³-hybridized carbons (Fsp3) is 0.417. The van der Waals surface area contributed by atoms with Crippen LogP contribution in [-0.2, 0) is 4.79 Å². The summed E-state index contributed by atoms with van der Waals surface area (Å²) in [5.41, 5.74) is 0.699. The van der Waals surface area contributed by atoms with Crippen LogP contribution in [0, 0.1) is 12.8 Å². The Morgan fingerprint density at radius 1 is 1.53 bits per heavy atom. The number of carbonyl (C=O) groups is 1. The summed E-state index contributed by atoms with van der Waals surface area (Å²) in [5.74, 6) is 0.357. The van der Waals surface area contributed by atoms with E-state index in [1.54, 1.807) is 19.1 Å². The van der Waals surface area contributed by atoms with Crippen molar-refractivity contribution in [1.82, 2.24) is 0 Å². The van der Waals surface area contributed by atoms with Crippen LogP contribution in [0.5, 0.6) is 11.5 Å². The average Bonchev–Trinajstić information content (AvgIpc) is 2.22. The van der Waals surface area contributed by atoms with Crippen molar-refractivity contribution in [2.24, 2.45) is 5.92 Å². The van der Waals surface area contributed by atoms with Gasteiger partial charge in [-0.2, -0.15) is 0 Å². The summed E-state index contributed by atoms with van der Waals surface area (Å²) in [6.07, 6.45) is 0.760. The number of ether oxygens (including phenoxy) is 1. The van der Waals surface area contributed by atoms with Crippen LogP contribution in [0.25, 0.3) is 0 Å². The van der Waals surface area contributed by atoms with Gasteiger partial charge in [0.15, 0.2) is 0 Å². The molecule has 1 N–H and O–H groups in total. The van der Waals surface area contributed by atoms with Crippen molar-refractivity contribution in [3.63, 3.8) is 0 Å². The molecule has 0 fully saturated rings. The van der Waals surface area contributed by atoms with Crippen molar-refractivity contribution in [1.29, 1.82) is 0 Å². The third-order valence-corrected chi connectivity index (χ3v) is 2.40. The second kappa shape index (κ2) is 4.82. The van der Waals surface area contributed by atoms with E-state index in [-0.39, 0.29) is 17.6 Å². The maximum Gasteiger partial charge on any atom is 0.314 e. The first-order valence-corrected chi connectivity index (χ1v) is 5.06. The van der Waals surface area contributed by atoms with E-state index in [0.717, 1.165) is 6.42 Å². The summed E-state index contributed by atoms with van der Waals surface area (Å²) < 4.78 is 5.15. The van der Waals surface area contributed by atoms with Crippen LogP contribution in [0.15, 0.2) is 18.2 Å². The molecule has 1 unspecified atom stereocenters.